The lowest BCUT2D eigenvalue weighted by Gasteiger charge is -2.17. The highest BCUT2D eigenvalue weighted by Crippen LogP contribution is 2.46. The van der Waals surface area contributed by atoms with Crippen LogP contribution in [0.15, 0.2) is 0 Å². The Bertz CT molecular complexity index is 167. The Kier molecular flexibility index (Phi) is 1.52. The lowest BCUT2D eigenvalue weighted by molar-refractivity contribution is -0.121. The van der Waals surface area contributed by atoms with E-state index in [1.165, 1.54) is 19.3 Å². The van der Waals surface area contributed by atoms with Crippen LogP contribution < -0.4 is 0 Å². The van der Waals surface area contributed by atoms with Crippen molar-refractivity contribution in [3.05, 3.63) is 0 Å². The second-order valence-corrected chi connectivity index (χ2v) is 4.31. The van der Waals surface area contributed by atoms with Crippen molar-refractivity contribution in [3.63, 3.8) is 0 Å². The number of rotatable bonds is 1. The number of hydrogen-bond acceptors (Lipinski definition) is 2. The zero-order chi connectivity index (χ0) is 7.14. The first kappa shape index (κ1) is 6.71. The lowest BCUT2D eigenvalue weighted by Crippen LogP contribution is -2.23. The molecule has 0 N–H and O–H groups in total. The van der Waals surface area contributed by atoms with Gasteiger partial charge in [0.2, 0.25) is 0 Å². The van der Waals surface area contributed by atoms with E-state index in [0.29, 0.717) is 17.0 Å². The molecule has 2 aliphatic rings. The van der Waals surface area contributed by atoms with Crippen molar-refractivity contribution < 1.29 is 4.79 Å². The molecule has 0 spiro atoms. The summed E-state index contributed by atoms with van der Waals surface area (Å²) in [6, 6.07) is 0. The minimum Gasteiger partial charge on any atom is -0.298 e. The number of ketones is 1. The van der Waals surface area contributed by atoms with Crippen LogP contribution in [-0.2, 0) is 4.79 Å². The van der Waals surface area contributed by atoms with E-state index in [0.717, 1.165) is 5.92 Å². The molecule has 3 atom stereocenters. The molecule has 0 saturated heterocycles. The summed E-state index contributed by atoms with van der Waals surface area (Å²) in [4.78, 5) is 11.4. The van der Waals surface area contributed by atoms with Gasteiger partial charge in [0.05, 0.1) is 5.25 Å². The average Bonchev–Trinajstić information content (AvgIpc) is 2.46. The van der Waals surface area contributed by atoms with E-state index in [9.17, 15) is 4.79 Å². The van der Waals surface area contributed by atoms with Gasteiger partial charge in [-0.3, -0.25) is 4.79 Å². The first-order valence-electron chi connectivity index (χ1n) is 3.89. The smallest absolute Gasteiger partial charge is 0.149 e. The summed E-state index contributed by atoms with van der Waals surface area (Å²) in [6.07, 6.45) is 5.75. The summed E-state index contributed by atoms with van der Waals surface area (Å²) in [6.45, 7) is 0. The number of thioether (sulfide) groups is 1. The van der Waals surface area contributed by atoms with E-state index < -0.39 is 0 Å². The van der Waals surface area contributed by atoms with E-state index in [1.807, 2.05) is 0 Å². The molecule has 2 bridgehead atoms. The SMILES string of the molecule is CS[C@H]1C(=O)[C@H]2CC[C@@H]1C2. The van der Waals surface area contributed by atoms with Gasteiger partial charge in [0.15, 0.2) is 0 Å². The third-order valence-electron chi connectivity index (χ3n) is 2.84. The van der Waals surface area contributed by atoms with Crippen molar-refractivity contribution in [2.24, 2.45) is 11.8 Å². The van der Waals surface area contributed by atoms with Crippen LogP contribution in [-0.4, -0.2) is 17.3 Å². The third kappa shape index (κ3) is 0.746. The summed E-state index contributed by atoms with van der Waals surface area (Å²) in [5, 5.41) is 0.374. The molecule has 2 heteroatoms. The van der Waals surface area contributed by atoms with Crippen LogP contribution in [0.4, 0.5) is 0 Å². The highest BCUT2D eigenvalue weighted by Gasteiger charge is 2.46. The molecule has 0 amide bonds. The Morgan fingerprint density at radius 1 is 1.50 bits per heavy atom. The van der Waals surface area contributed by atoms with Crippen molar-refractivity contribution in [1.29, 1.82) is 0 Å². The summed E-state index contributed by atoms with van der Waals surface area (Å²) >= 11 is 1.75. The maximum atomic E-state index is 11.4. The van der Waals surface area contributed by atoms with E-state index in [4.69, 9.17) is 0 Å². The monoisotopic (exact) mass is 156 g/mol. The predicted octanol–water partition coefficient (Wildman–Crippen LogP) is 1.72. The second kappa shape index (κ2) is 2.26. The largest absolute Gasteiger partial charge is 0.298 e. The van der Waals surface area contributed by atoms with Crippen LogP contribution >= 0.6 is 11.8 Å². The highest BCUT2D eigenvalue weighted by atomic mass is 32.2. The van der Waals surface area contributed by atoms with Crippen LogP contribution in [0.25, 0.3) is 0 Å². The maximum absolute atomic E-state index is 11.4. The van der Waals surface area contributed by atoms with Gasteiger partial charge in [-0.1, -0.05) is 0 Å². The van der Waals surface area contributed by atoms with E-state index in [2.05, 4.69) is 6.26 Å². The van der Waals surface area contributed by atoms with Crippen LogP contribution in [0, 0.1) is 11.8 Å². The van der Waals surface area contributed by atoms with Crippen molar-refractivity contribution in [2.45, 2.75) is 24.5 Å². The molecule has 2 saturated carbocycles. The maximum Gasteiger partial charge on any atom is 0.149 e. The Morgan fingerprint density at radius 3 is 2.70 bits per heavy atom. The Balaban J connectivity index is 2.17. The van der Waals surface area contributed by atoms with Gasteiger partial charge >= 0.3 is 0 Å². The van der Waals surface area contributed by atoms with E-state index in [1.54, 1.807) is 11.8 Å². The van der Waals surface area contributed by atoms with E-state index >= 15 is 0 Å². The minimum absolute atomic E-state index is 0.374. The highest BCUT2D eigenvalue weighted by molar-refractivity contribution is 8.00. The normalized spacial score (nSPS) is 44.9. The first-order valence-corrected chi connectivity index (χ1v) is 5.18. The van der Waals surface area contributed by atoms with Crippen molar-refractivity contribution in [2.75, 3.05) is 6.26 Å². The summed E-state index contributed by atoms with van der Waals surface area (Å²) < 4.78 is 0. The quantitative estimate of drug-likeness (QED) is 0.575. The lowest BCUT2D eigenvalue weighted by atomic mass is 9.99. The van der Waals surface area contributed by atoms with Gasteiger partial charge in [-0.25, -0.2) is 0 Å². The molecule has 0 heterocycles. The number of hydrogen-bond donors (Lipinski definition) is 0. The van der Waals surface area contributed by atoms with Crippen molar-refractivity contribution in [3.8, 4) is 0 Å². The van der Waals surface area contributed by atoms with Gasteiger partial charge in [0.25, 0.3) is 0 Å². The van der Waals surface area contributed by atoms with Gasteiger partial charge in [-0.2, -0.15) is 11.8 Å². The molecule has 0 aromatic heterocycles. The van der Waals surface area contributed by atoms with Crippen molar-refractivity contribution in [1.82, 2.24) is 0 Å². The number of carbonyl (C=O) groups is 1. The summed E-state index contributed by atoms with van der Waals surface area (Å²) in [5.41, 5.74) is 0. The van der Waals surface area contributed by atoms with Gasteiger partial charge in [0, 0.05) is 5.92 Å². The van der Waals surface area contributed by atoms with Crippen LogP contribution in [0.2, 0.25) is 0 Å². The minimum atomic E-state index is 0.374. The molecule has 2 aliphatic carbocycles. The Morgan fingerprint density at radius 2 is 2.30 bits per heavy atom. The molecule has 0 radical (unpaired) electrons. The van der Waals surface area contributed by atoms with Crippen LogP contribution in [0.5, 0.6) is 0 Å². The number of Topliss-reactive ketones (excluding diaryl/α,β-unsaturated/α-hetero) is 1. The molecule has 0 aliphatic heterocycles. The molecule has 2 fully saturated rings. The molecule has 56 valence electrons. The molecule has 1 nitrogen and oxygen atoms in total. The second-order valence-electron chi connectivity index (χ2n) is 3.33. The molecule has 0 aromatic rings. The predicted molar refractivity (Wildman–Crippen MR) is 43.1 cm³/mol. The zero-order valence-electron chi connectivity index (χ0n) is 6.17. The van der Waals surface area contributed by atoms with Crippen LogP contribution in [0.1, 0.15) is 19.3 Å². The van der Waals surface area contributed by atoms with Gasteiger partial charge in [-0.05, 0) is 31.4 Å². The molecule has 2 rings (SSSR count). The third-order valence-corrected chi connectivity index (χ3v) is 3.96. The van der Waals surface area contributed by atoms with Gasteiger partial charge < -0.3 is 0 Å². The fourth-order valence-electron chi connectivity index (χ4n) is 2.32. The zero-order valence-corrected chi connectivity index (χ0v) is 6.99. The van der Waals surface area contributed by atoms with E-state index in [-0.39, 0.29) is 0 Å². The Labute approximate surface area is 65.6 Å². The molecule has 10 heavy (non-hydrogen) atoms. The molecular weight excluding hydrogens is 144 g/mol. The fourth-order valence-corrected chi connectivity index (χ4v) is 3.38. The first-order chi connectivity index (χ1) is 4.83. The standard InChI is InChI=1S/C8H12OS/c1-10-8-6-3-2-5(4-6)7(8)9/h5-6,8H,2-4H2,1H3/t5-,6+,8+/m0/s1. The van der Waals surface area contributed by atoms with Crippen molar-refractivity contribution >= 4 is 17.5 Å². The Hall–Kier alpha value is 0.0200. The van der Waals surface area contributed by atoms with Gasteiger partial charge in [0.1, 0.15) is 5.78 Å². The van der Waals surface area contributed by atoms with Gasteiger partial charge in [-0.15, -0.1) is 0 Å². The molecule has 0 aromatic carbocycles. The summed E-state index contributed by atoms with van der Waals surface area (Å²) in [7, 11) is 0. The van der Waals surface area contributed by atoms with Crippen LogP contribution in [0.3, 0.4) is 0 Å². The fraction of sp³-hybridized carbons (Fsp3) is 0.875. The number of fused-ring (bicyclic) bond motifs is 2. The molecular formula is C8H12OS. The topological polar surface area (TPSA) is 17.1 Å². The molecule has 0 unspecified atom stereocenters. The summed E-state index contributed by atoms with van der Waals surface area (Å²) in [5.74, 6) is 1.75. The number of carbonyl (C=O) groups excluding carboxylic acids is 1. The average molecular weight is 156 g/mol.